The molecule has 0 unspecified atom stereocenters. The van der Waals surface area contributed by atoms with Crippen molar-refractivity contribution in [1.82, 2.24) is 52.1 Å². The van der Waals surface area contributed by atoms with Crippen LogP contribution in [-0.4, -0.2) is 152 Å². The highest BCUT2D eigenvalue weighted by atomic mass is 16.4. The van der Waals surface area contributed by atoms with Crippen LogP contribution in [0.2, 0.25) is 0 Å². The quantitative estimate of drug-likeness (QED) is 0.0231. The number of nitrogens with one attached hydrogen (secondary N) is 8. The zero-order chi connectivity index (χ0) is 53.8. The molecular formula is C49H71N13O11. The normalized spacial score (nSPS) is 16.1. The molecule has 8 atom stereocenters. The van der Waals surface area contributed by atoms with Crippen LogP contribution in [-0.2, 0) is 57.6 Å². The lowest BCUT2D eigenvalue weighted by Gasteiger charge is -2.31. The summed E-state index contributed by atoms with van der Waals surface area (Å²) in [6.45, 7) is 7.02. The number of imidazole rings is 1. The Morgan fingerprint density at radius 2 is 1.32 bits per heavy atom. The largest absolute Gasteiger partial charge is 0.508 e. The van der Waals surface area contributed by atoms with Crippen LogP contribution in [0.3, 0.4) is 0 Å². The van der Waals surface area contributed by atoms with Gasteiger partial charge in [-0.15, -0.1) is 0 Å². The van der Waals surface area contributed by atoms with E-state index in [1.54, 1.807) is 34.7 Å². The lowest BCUT2D eigenvalue weighted by molar-refractivity contribution is -0.146. The molecule has 24 heteroatoms. The molecule has 1 fully saturated rings. The summed E-state index contributed by atoms with van der Waals surface area (Å²) >= 11 is 0. The first-order chi connectivity index (χ1) is 34.7. The van der Waals surface area contributed by atoms with E-state index in [1.165, 1.54) is 66.0 Å². The number of likely N-dealkylation sites (tertiary alicyclic amines) is 1. The number of aromatic nitrogens is 2. The number of nitrogens with zero attached hydrogens (tertiary/aromatic N) is 3. The van der Waals surface area contributed by atoms with Gasteiger partial charge in [0.2, 0.25) is 41.4 Å². The van der Waals surface area contributed by atoms with Crippen molar-refractivity contribution in [3.05, 3.63) is 77.9 Å². The molecule has 398 valence electrons. The first kappa shape index (κ1) is 57.8. The van der Waals surface area contributed by atoms with E-state index in [-0.39, 0.29) is 69.2 Å². The van der Waals surface area contributed by atoms with Crippen molar-refractivity contribution in [2.24, 2.45) is 28.3 Å². The number of aromatic amines is 1. The Balaban J connectivity index is 1.66. The average molecular weight is 1020 g/mol. The number of benzene rings is 2. The fourth-order valence-electron chi connectivity index (χ4n) is 8.18. The molecule has 0 bridgehead atoms. The van der Waals surface area contributed by atoms with E-state index in [2.05, 4.69) is 52.2 Å². The van der Waals surface area contributed by atoms with Crippen LogP contribution in [0.5, 0.6) is 11.5 Å². The van der Waals surface area contributed by atoms with Crippen molar-refractivity contribution >= 4 is 53.3 Å². The predicted molar refractivity (Wildman–Crippen MR) is 268 cm³/mol. The molecule has 2 aromatic carbocycles. The predicted octanol–water partition coefficient (Wildman–Crippen LogP) is -1.19. The Bertz CT molecular complexity index is 2360. The van der Waals surface area contributed by atoms with Gasteiger partial charge in [-0.05, 0) is 80.0 Å². The highest BCUT2D eigenvalue weighted by Gasteiger charge is 2.41. The molecule has 15 N–H and O–H groups in total. The number of hydrogen-bond acceptors (Lipinski definition) is 13. The fourth-order valence-corrected chi connectivity index (χ4v) is 8.18. The van der Waals surface area contributed by atoms with E-state index >= 15 is 0 Å². The Morgan fingerprint density at radius 1 is 0.753 bits per heavy atom. The number of phenols is 2. The fraction of sp³-hybridized carbons (Fsp3) is 0.510. The highest BCUT2D eigenvalue weighted by Crippen LogP contribution is 2.22. The number of aromatic hydroxyl groups is 2. The zero-order valence-corrected chi connectivity index (χ0v) is 41.9. The second-order valence-corrected chi connectivity index (χ2v) is 18.4. The minimum atomic E-state index is -1.45. The van der Waals surface area contributed by atoms with Crippen molar-refractivity contribution < 1.29 is 53.7 Å². The Morgan fingerprint density at radius 3 is 1.82 bits per heavy atom. The first-order valence-electron chi connectivity index (χ1n) is 24.3. The van der Waals surface area contributed by atoms with E-state index in [1.807, 2.05) is 0 Å². The van der Waals surface area contributed by atoms with Crippen LogP contribution in [0, 0.1) is 11.8 Å². The monoisotopic (exact) mass is 1020 g/mol. The van der Waals surface area contributed by atoms with Gasteiger partial charge < -0.3 is 73.9 Å². The number of nitrogens with two attached hydrogens (primary N) is 2. The number of carboxylic acid groups (broad SMARTS) is 1. The standard InChI is InChI=1S/C49H71N13O11/c1-6-28(4)41(48(72)73)61-45(69)38-10-8-20-62(38)47(71)37(23-31-24-53-26-55-31)59-44(68)35(21-29-11-15-32(63)16-12-29)57-43(67)36(22-30-13-17-33(64)18-14-30)58-46(70)40(27(2)3)60-42(66)34(56-39(65)25-52-5)9-7-19-54-49(50)51/h11-18,24,26-28,34-38,40-41,52,63-64H,6-10,19-23,25H2,1-5H3,(H,53,55)(H,56,65)(H,57,67)(H,58,70)(H,59,68)(H,60,66)(H,61,69)(H,72,73)(H4,50,51,54)/t28-,34-,35-,36-,37-,38-,40-,41-/m0/s1. The van der Waals surface area contributed by atoms with Gasteiger partial charge in [-0.3, -0.25) is 38.6 Å². The molecule has 1 aromatic heterocycles. The number of amides is 7. The Labute approximate surface area is 423 Å². The maximum absolute atomic E-state index is 14.7. The third-order valence-corrected chi connectivity index (χ3v) is 12.4. The topological polar surface area (TPSA) is 378 Å². The van der Waals surface area contributed by atoms with Crippen LogP contribution < -0.4 is 48.7 Å². The number of aliphatic imine (C=N–C) groups is 1. The van der Waals surface area contributed by atoms with Gasteiger partial charge in [0.25, 0.3) is 0 Å². The summed E-state index contributed by atoms with van der Waals surface area (Å²) in [6, 6.07) is 2.89. The second-order valence-electron chi connectivity index (χ2n) is 18.4. The van der Waals surface area contributed by atoms with Gasteiger partial charge in [-0.2, -0.15) is 0 Å². The van der Waals surface area contributed by atoms with Gasteiger partial charge in [0, 0.05) is 44.2 Å². The van der Waals surface area contributed by atoms with Crippen molar-refractivity contribution in [1.29, 1.82) is 0 Å². The number of rotatable bonds is 28. The van der Waals surface area contributed by atoms with Crippen LogP contribution >= 0.6 is 0 Å². The minimum Gasteiger partial charge on any atom is -0.508 e. The number of carbonyl (C=O) groups is 8. The summed E-state index contributed by atoms with van der Waals surface area (Å²) in [6.07, 6.45) is 3.88. The molecule has 0 radical (unpaired) electrons. The lowest BCUT2D eigenvalue weighted by Crippen LogP contribution is -2.61. The van der Waals surface area contributed by atoms with E-state index in [0.717, 1.165) is 0 Å². The maximum Gasteiger partial charge on any atom is 0.326 e. The Kier molecular flexibility index (Phi) is 22.4. The van der Waals surface area contributed by atoms with E-state index in [4.69, 9.17) is 11.5 Å². The molecule has 1 saturated heterocycles. The number of carboxylic acids is 1. The van der Waals surface area contributed by atoms with Gasteiger partial charge in [0.1, 0.15) is 53.8 Å². The Hall–Kier alpha value is -7.76. The first-order valence-corrected chi connectivity index (χ1v) is 24.3. The number of hydrogen-bond donors (Lipinski definition) is 13. The van der Waals surface area contributed by atoms with Crippen molar-refractivity contribution in [3.63, 3.8) is 0 Å². The highest BCUT2D eigenvalue weighted by molar-refractivity contribution is 5.98. The third kappa shape index (κ3) is 18.1. The average Bonchev–Trinajstić information content (AvgIpc) is 4.06. The van der Waals surface area contributed by atoms with Gasteiger partial charge in [-0.1, -0.05) is 58.4 Å². The maximum atomic E-state index is 14.7. The lowest BCUT2D eigenvalue weighted by atomic mass is 9.98. The summed E-state index contributed by atoms with van der Waals surface area (Å²) in [4.78, 5) is 123. The van der Waals surface area contributed by atoms with Crippen LogP contribution in [0.25, 0.3) is 0 Å². The van der Waals surface area contributed by atoms with Gasteiger partial charge in [-0.25, -0.2) is 9.78 Å². The summed E-state index contributed by atoms with van der Waals surface area (Å²) in [5, 5.41) is 48.9. The number of carbonyl (C=O) groups excluding carboxylic acids is 7. The molecular weight excluding hydrogens is 947 g/mol. The molecule has 73 heavy (non-hydrogen) atoms. The van der Waals surface area contributed by atoms with E-state index in [9.17, 15) is 53.7 Å². The molecule has 2 heterocycles. The molecule has 1 aliphatic heterocycles. The summed E-state index contributed by atoms with van der Waals surface area (Å²) in [5.41, 5.74) is 12.3. The molecule has 3 aromatic rings. The summed E-state index contributed by atoms with van der Waals surface area (Å²) < 4.78 is 0. The minimum absolute atomic E-state index is 0.0627. The van der Waals surface area contributed by atoms with Crippen LogP contribution in [0.1, 0.15) is 76.6 Å². The van der Waals surface area contributed by atoms with Crippen molar-refractivity contribution in [2.45, 2.75) is 121 Å². The molecule has 0 saturated carbocycles. The van der Waals surface area contributed by atoms with Crippen molar-refractivity contribution in [2.75, 3.05) is 26.7 Å². The SMILES string of the molecule is CC[C@H](C)[C@H](NC(=O)[C@@H]1CCCN1C(=O)[C@H](Cc1cnc[nH]1)NC(=O)[C@H](Cc1ccc(O)cc1)NC(=O)[C@H](Cc1ccc(O)cc1)NC(=O)[C@@H](NC(=O)[C@H](CCCN=C(N)N)NC(=O)CNC)C(C)C)C(=O)O. The zero-order valence-electron chi connectivity index (χ0n) is 41.9. The summed E-state index contributed by atoms with van der Waals surface area (Å²) in [5.74, 6) is -7.42. The number of likely N-dealkylation sites (N-methyl/N-ethyl adjacent to an activating group) is 1. The summed E-state index contributed by atoms with van der Waals surface area (Å²) in [7, 11) is 1.56. The van der Waals surface area contributed by atoms with Gasteiger partial charge >= 0.3 is 5.97 Å². The molecule has 1 aliphatic rings. The molecule has 4 rings (SSSR count). The molecule has 0 spiro atoms. The number of phenolic OH excluding ortho intramolecular Hbond substituents is 2. The molecule has 24 nitrogen and oxygen atoms in total. The van der Waals surface area contributed by atoms with E-state index in [0.29, 0.717) is 36.1 Å². The van der Waals surface area contributed by atoms with Crippen LogP contribution in [0.4, 0.5) is 0 Å². The smallest absolute Gasteiger partial charge is 0.326 e. The number of guanidine groups is 1. The van der Waals surface area contributed by atoms with Crippen LogP contribution in [0.15, 0.2) is 66.0 Å². The van der Waals surface area contributed by atoms with E-state index < -0.39 is 101 Å². The molecule has 0 aliphatic carbocycles. The van der Waals surface area contributed by atoms with Gasteiger partial charge in [0.15, 0.2) is 5.96 Å². The van der Waals surface area contributed by atoms with Crippen molar-refractivity contribution in [3.8, 4) is 11.5 Å². The van der Waals surface area contributed by atoms with Gasteiger partial charge in [0.05, 0.1) is 12.9 Å². The third-order valence-electron chi connectivity index (χ3n) is 12.4. The number of H-pyrrole nitrogens is 1. The number of aliphatic carboxylic acids is 1. The molecule has 7 amide bonds. The second kappa shape index (κ2) is 28.3.